The fraction of sp³-hybridized carbons (Fsp3) is 0.190. The van der Waals surface area contributed by atoms with E-state index in [-0.39, 0.29) is 0 Å². The summed E-state index contributed by atoms with van der Waals surface area (Å²) in [7, 11) is 0. The molecule has 0 nitrogen and oxygen atoms in total. The van der Waals surface area contributed by atoms with E-state index in [0.29, 0.717) is 11.8 Å². The Bertz CT molecular complexity index is 622. The standard InChI is InChI=1S/2C10H9.CH2.Zr/c2*1-8-6-7-9-4-2-3-5-10(8)9;;/h2*2-5,7-8H,1H3;1H2;/q2*-1;;+2. The van der Waals surface area contributed by atoms with Crippen molar-refractivity contribution in [2.24, 2.45) is 0 Å². The second-order valence-corrected chi connectivity index (χ2v) is 5.32. The fourth-order valence-electron chi connectivity index (χ4n) is 2.68. The SMILES string of the molecule is CC1[C-]=Cc2ccccc21.CC1[C-]=Cc2ccccc21.[CH2]=[Zr+2]. The Morgan fingerprint density at radius 3 is 1.45 bits per heavy atom. The molecule has 0 saturated heterocycles. The molecule has 108 valence electrons. The first-order valence-electron chi connectivity index (χ1n) is 7.47. The van der Waals surface area contributed by atoms with Crippen molar-refractivity contribution in [2.45, 2.75) is 25.7 Å². The van der Waals surface area contributed by atoms with Crippen molar-refractivity contribution in [1.29, 1.82) is 0 Å². The molecular weight excluding hydrogens is 343 g/mol. The second kappa shape index (κ2) is 8.34. The minimum atomic E-state index is 0.496. The Hall–Kier alpha value is -1.33. The van der Waals surface area contributed by atoms with Crippen LogP contribution in [-0.2, 0) is 24.2 Å². The van der Waals surface area contributed by atoms with Crippen LogP contribution in [0.15, 0.2) is 48.5 Å². The molecule has 0 radical (unpaired) electrons. The summed E-state index contributed by atoms with van der Waals surface area (Å²) in [4.78, 5) is 0. The summed E-state index contributed by atoms with van der Waals surface area (Å²) in [5.74, 6) is 0.993. The maximum absolute atomic E-state index is 3.34. The van der Waals surface area contributed by atoms with Gasteiger partial charge >= 0.3 is 28.4 Å². The number of hydrogen-bond donors (Lipinski definition) is 0. The predicted molar refractivity (Wildman–Crippen MR) is 92.2 cm³/mol. The molecule has 0 aromatic heterocycles. The van der Waals surface area contributed by atoms with E-state index < -0.39 is 0 Å². The van der Waals surface area contributed by atoms with Gasteiger partial charge in [0.1, 0.15) is 0 Å². The van der Waals surface area contributed by atoms with Gasteiger partial charge in [0.15, 0.2) is 0 Å². The van der Waals surface area contributed by atoms with Crippen molar-refractivity contribution < 1.29 is 24.2 Å². The Morgan fingerprint density at radius 1 is 0.727 bits per heavy atom. The molecule has 0 spiro atoms. The number of fused-ring (bicyclic) bond motifs is 2. The van der Waals surface area contributed by atoms with Crippen molar-refractivity contribution in [3.05, 3.63) is 82.9 Å². The first-order chi connectivity index (χ1) is 10.8. The van der Waals surface area contributed by atoms with Gasteiger partial charge in [0.25, 0.3) is 0 Å². The van der Waals surface area contributed by atoms with Crippen molar-refractivity contribution in [3.63, 3.8) is 0 Å². The van der Waals surface area contributed by atoms with Crippen LogP contribution in [0.3, 0.4) is 0 Å². The third kappa shape index (κ3) is 3.90. The average molecular weight is 364 g/mol. The normalized spacial score (nSPS) is 19.5. The molecule has 0 fully saturated rings. The summed E-state index contributed by atoms with van der Waals surface area (Å²) in [5.41, 5.74) is 5.47. The molecule has 0 heterocycles. The van der Waals surface area contributed by atoms with Gasteiger partial charge in [-0.05, 0) is 0 Å². The van der Waals surface area contributed by atoms with Crippen LogP contribution in [0.2, 0.25) is 0 Å². The second-order valence-electron chi connectivity index (χ2n) is 5.32. The molecule has 2 atom stereocenters. The van der Waals surface area contributed by atoms with Gasteiger partial charge in [-0.15, -0.1) is 23.3 Å². The predicted octanol–water partition coefficient (Wildman–Crippen LogP) is 5.21. The zero-order valence-electron chi connectivity index (χ0n) is 13.1. The molecule has 0 saturated carbocycles. The summed E-state index contributed by atoms with van der Waals surface area (Å²) in [6.45, 7) is 4.34. The van der Waals surface area contributed by atoms with E-state index in [1.54, 1.807) is 0 Å². The van der Waals surface area contributed by atoms with Crippen LogP contribution in [0.25, 0.3) is 12.2 Å². The summed E-state index contributed by atoms with van der Waals surface area (Å²) in [6.07, 6.45) is 10.7. The van der Waals surface area contributed by atoms with Gasteiger partial charge in [0.05, 0.1) is 0 Å². The first kappa shape index (κ1) is 17.0. The number of rotatable bonds is 0. The van der Waals surface area contributed by atoms with E-state index in [1.165, 1.54) is 46.5 Å². The topological polar surface area (TPSA) is 0 Å². The van der Waals surface area contributed by atoms with E-state index >= 15 is 0 Å². The van der Waals surface area contributed by atoms with Crippen molar-refractivity contribution >= 4 is 16.4 Å². The molecule has 2 aromatic rings. The zero-order valence-corrected chi connectivity index (χ0v) is 15.6. The number of allylic oxidation sites excluding steroid dienone is 2. The van der Waals surface area contributed by atoms with Crippen LogP contribution < -0.4 is 0 Å². The Balaban J connectivity index is 0.000000144. The van der Waals surface area contributed by atoms with Crippen LogP contribution in [0, 0.1) is 12.2 Å². The molecule has 4 rings (SSSR count). The van der Waals surface area contributed by atoms with E-state index in [2.05, 4.69) is 90.9 Å². The van der Waals surface area contributed by atoms with E-state index in [0.717, 1.165) is 0 Å². The van der Waals surface area contributed by atoms with Gasteiger partial charge in [-0.3, -0.25) is 12.2 Å². The molecule has 2 aromatic carbocycles. The van der Waals surface area contributed by atoms with E-state index in [9.17, 15) is 0 Å². The molecule has 0 bridgehead atoms. The molecular formula is C21H20Zr. The van der Waals surface area contributed by atoms with E-state index in [4.69, 9.17) is 0 Å². The number of hydrogen-bond acceptors (Lipinski definition) is 0. The third-order valence-corrected chi connectivity index (χ3v) is 3.90. The van der Waals surface area contributed by atoms with Crippen molar-refractivity contribution in [3.8, 4) is 0 Å². The van der Waals surface area contributed by atoms with Crippen LogP contribution in [0.5, 0.6) is 0 Å². The van der Waals surface area contributed by atoms with Gasteiger partial charge in [-0.1, -0.05) is 62.1 Å². The molecule has 0 amide bonds. The first-order valence-corrected chi connectivity index (χ1v) is 9.21. The van der Waals surface area contributed by atoms with Gasteiger partial charge in [-0.25, -0.2) is 12.2 Å². The molecule has 2 unspecified atom stereocenters. The molecule has 2 aliphatic rings. The van der Waals surface area contributed by atoms with Crippen LogP contribution in [-0.4, -0.2) is 4.21 Å². The Labute approximate surface area is 148 Å². The van der Waals surface area contributed by atoms with Crippen LogP contribution in [0.1, 0.15) is 47.9 Å². The third-order valence-electron chi connectivity index (χ3n) is 3.90. The molecule has 22 heavy (non-hydrogen) atoms. The average Bonchev–Trinajstić information content (AvgIpc) is 3.15. The van der Waals surface area contributed by atoms with E-state index in [1.807, 2.05) is 0 Å². The Morgan fingerprint density at radius 2 is 1.09 bits per heavy atom. The van der Waals surface area contributed by atoms with Crippen LogP contribution >= 0.6 is 0 Å². The fourth-order valence-corrected chi connectivity index (χ4v) is 2.68. The summed E-state index contributed by atoms with van der Waals surface area (Å²) >= 11 is 1.30. The Kier molecular flexibility index (Phi) is 6.46. The van der Waals surface area contributed by atoms with Crippen molar-refractivity contribution in [1.82, 2.24) is 0 Å². The molecule has 2 aliphatic carbocycles. The van der Waals surface area contributed by atoms with Crippen molar-refractivity contribution in [2.75, 3.05) is 0 Å². The summed E-state index contributed by atoms with van der Waals surface area (Å²) in [6, 6.07) is 16.9. The summed E-state index contributed by atoms with van der Waals surface area (Å²) < 4.78 is 3.34. The number of benzene rings is 2. The van der Waals surface area contributed by atoms with Crippen LogP contribution in [0.4, 0.5) is 0 Å². The van der Waals surface area contributed by atoms with Gasteiger partial charge in [-0.2, -0.15) is 11.1 Å². The molecule has 1 heteroatoms. The summed E-state index contributed by atoms with van der Waals surface area (Å²) in [5, 5.41) is 0. The van der Waals surface area contributed by atoms with Gasteiger partial charge in [0, 0.05) is 0 Å². The van der Waals surface area contributed by atoms with Gasteiger partial charge in [0.2, 0.25) is 0 Å². The maximum atomic E-state index is 3.34. The quantitative estimate of drug-likeness (QED) is 0.564. The minimum absolute atomic E-state index is 0.496. The zero-order chi connectivity index (χ0) is 15.9. The molecule has 0 N–H and O–H groups in total. The van der Waals surface area contributed by atoms with Gasteiger partial charge < -0.3 is 0 Å². The molecule has 0 aliphatic heterocycles. The monoisotopic (exact) mass is 362 g/mol.